The van der Waals surface area contributed by atoms with E-state index in [2.05, 4.69) is 12.2 Å². The van der Waals surface area contributed by atoms with Gasteiger partial charge in [-0.1, -0.05) is 19.1 Å². The van der Waals surface area contributed by atoms with Crippen molar-refractivity contribution < 1.29 is 24.4 Å². The quantitative estimate of drug-likeness (QED) is 0.774. The fourth-order valence-electron chi connectivity index (χ4n) is 3.11. The predicted octanol–water partition coefficient (Wildman–Crippen LogP) is 1.26. The molecule has 2 heterocycles. The Labute approximate surface area is 136 Å². The van der Waals surface area contributed by atoms with Crippen molar-refractivity contribution in [3.05, 3.63) is 29.8 Å². The second-order valence-corrected chi connectivity index (χ2v) is 6.65. The summed E-state index contributed by atoms with van der Waals surface area (Å²) in [6.07, 6.45) is -1.23. The number of fused-ring (bicyclic) bond motifs is 1. The van der Waals surface area contributed by atoms with E-state index in [1.54, 1.807) is 13.8 Å². The van der Waals surface area contributed by atoms with E-state index in [1.165, 1.54) is 5.56 Å². The van der Waals surface area contributed by atoms with Crippen molar-refractivity contribution in [2.24, 2.45) is 0 Å². The summed E-state index contributed by atoms with van der Waals surface area (Å²) < 4.78 is 16.9. The van der Waals surface area contributed by atoms with Gasteiger partial charge in [-0.15, -0.1) is 0 Å². The van der Waals surface area contributed by atoms with Gasteiger partial charge >= 0.3 is 0 Å². The van der Waals surface area contributed by atoms with Crippen LogP contribution < -0.4 is 5.32 Å². The third kappa shape index (κ3) is 3.36. The highest BCUT2D eigenvalue weighted by molar-refractivity contribution is 5.46. The molecule has 0 saturated carbocycles. The molecule has 0 unspecified atom stereocenters. The maximum Gasteiger partial charge on any atom is 0.212 e. The van der Waals surface area contributed by atoms with Gasteiger partial charge in [0.05, 0.1) is 13.2 Å². The van der Waals surface area contributed by atoms with E-state index in [4.69, 9.17) is 14.2 Å². The number of aliphatic hydroxyl groups excluding tert-OH is 1. The zero-order chi connectivity index (χ0) is 16.7. The number of aryl methyl sites for hydroxylation is 1. The summed E-state index contributed by atoms with van der Waals surface area (Å²) in [6, 6.07) is 7.93. The van der Waals surface area contributed by atoms with Crippen LogP contribution in [-0.2, 0) is 20.6 Å². The van der Waals surface area contributed by atoms with E-state index in [-0.39, 0.29) is 19.3 Å². The number of ether oxygens (including phenoxy) is 3. The number of hydrogen-bond acceptors (Lipinski definition) is 6. The lowest BCUT2D eigenvalue weighted by atomic mass is 9.96. The Balaban J connectivity index is 1.67. The van der Waals surface area contributed by atoms with Crippen LogP contribution in [0.4, 0.5) is 5.69 Å². The molecular formula is C17H25NO5. The maximum absolute atomic E-state index is 10.7. The number of benzene rings is 1. The lowest BCUT2D eigenvalue weighted by Crippen LogP contribution is -2.62. The summed E-state index contributed by atoms with van der Waals surface area (Å²) in [5, 5.41) is 24.3. The molecule has 3 N–H and O–H groups in total. The van der Waals surface area contributed by atoms with E-state index < -0.39 is 23.8 Å². The fraction of sp³-hybridized carbons (Fsp3) is 0.647. The molecule has 1 aromatic carbocycles. The van der Waals surface area contributed by atoms with Gasteiger partial charge in [0.1, 0.15) is 18.3 Å². The Morgan fingerprint density at radius 2 is 2.09 bits per heavy atom. The van der Waals surface area contributed by atoms with Crippen molar-refractivity contribution in [3.8, 4) is 0 Å². The SMILES string of the molecule is CCc1cccc(NC[C@@]2(O)OC[C@H]3OC(C)(C)O[C@H]3[C@@H]2O)c1. The fourth-order valence-corrected chi connectivity index (χ4v) is 3.11. The van der Waals surface area contributed by atoms with Gasteiger partial charge in [0.2, 0.25) is 5.79 Å². The molecule has 0 amide bonds. The highest BCUT2D eigenvalue weighted by atomic mass is 16.8. The molecule has 0 radical (unpaired) electrons. The van der Waals surface area contributed by atoms with Crippen molar-refractivity contribution in [2.75, 3.05) is 18.5 Å². The second-order valence-electron chi connectivity index (χ2n) is 6.65. The lowest BCUT2D eigenvalue weighted by Gasteiger charge is -2.41. The maximum atomic E-state index is 10.7. The Morgan fingerprint density at radius 3 is 2.83 bits per heavy atom. The van der Waals surface area contributed by atoms with Gasteiger partial charge in [0.25, 0.3) is 0 Å². The van der Waals surface area contributed by atoms with Crippen LogP contribution in [0.25, 0.3) is 0 Å². The molecule has 2 aliphatic heterocycles. The van der Waals surface area contributed by atoms with E-state index in [1.807, 2.05) is 24.3 Å². The average Bonchev–Trinajstić information content (AvgIpc) is 2.85. The zero-order valence-corrected chi connectivity index (χ0v) is 13.8. The highest BCUT2D eigenvalue weighted by Gasteiger charge is 2.56. The Hall–Kier alpha value is -1.18. The van der Waals surface area contributed by atoms with Gasteiger partial charge in [-0.3, -0.25) is 0 Å². The van der Waals surface area contributed by atoms with E-state index in [0.29, 0.717) is 0 Å². The number of rotatable bonds is 4. The molecule has 4 atom stereocenters. The molecule has 1 aromatic rings. The van der Waals surface area contributed by atoms with Gasteiger partial charge in [0.15, 0.2) is 5.79 Å². The van der Waals surface area contributed by atoms with Crippen molar-refractivity contribution in [3.63, 3.8) is 0 Å². The molecule has 6 nitrogen and oxygen atoms in total. The molecule has 2 fully saturated rings. The molecule has 128 valence electrons. The van der Waals surface area contributed by atoms with E-state index in [0.717, 1.165) is 12.1 Å². The van der Waals surface area contributed by atoms with Crippen LogP contribution in [0, 0.1) is 0 Å². The van der Waals surface area contributed by atoms with Crippen LogP contribution >= 0.6 is 0 Å². The number of aliphatic hydroxyl groups is 2. The van der Waals surface area contributed by atoms with Crippen LogP contribution in [0.15, 0.2) is 24.3 Å². The third-order valence-electron chi connectivity index (χ3n) is 4.37. The average molecular weight is 323 g/mol. The summed E-state index contributed by atoms with van der Waals surface area (Å²) in [5.41, 5.74) is 2.07. The Morgan fingerprint density at radius 1 is 1.30 bits per heavy atom. The minimum atomic E-state index is -1.72. The first kappa shape index (κ1) is 16.7. The summed E-state index contributed by atoms with van der Waals surface area (Å²) in [6.45, 7) is 5.89. The predicted molar refractivity (Wildman–Crippen MR) is 85.0 cm³/mol. The molecule has 3 rings (SSSR count). The van der Waals surface area contributed by atoms with Gasteiger partial charge in [0, 0.05) is 5.69 Å². The van der Waals surface area contributed by atoms with Crippen molar-refractivity contribution in [1.29, 1.82) is 0 Å². The minimum Gasteiger partial charge on any atom is -0.385 e. The van der Waals surface area contributed by atoms with E-state index >= 15 is 0 Å². The van der Waals surface area contributed by atoms with Gasteiger partial charge in [-0.25, -0.2) is 0 Å². The van der Waals surface area contributed by atoms with Crippen molar-refractivity contribution >= 4 is 5.69 Å². The molecule has 2 aliphatic rings. The molecule has 0 bridgehead atoms. The second kappa shape index (κ2) is 6.03. The first-order valence-corrected chi connectivity index (χ1v) is 8.06. The molecule has 0 aliphatic carbocycles. The van der Waals surface area contributed by atoms with Crippen molar-refractivity contribution in [1.82, 2.24) is 0 Å². The summed E-state index contributed by atoms with van der Waals surface area (Å²) in [4.78, 5) is 0. The topological polar surface area (TPSA) is 80.2 Å². The van der Waals surface area contributed by atoms with Crippen LogP contribution in [0.2, 0.25) is 0 Å². The smallest absolute Gasteiger partial charge is 0.212 e. The van der Waals surface area contributed by atoms with Gasteiger partial charge < -0.3 is 29.7 Å². The molecule has 6 heteroatoms. The third-order valence-corrected chi connectivity index (χ3v) is 4.37. The highest BCUT2D eigenvalue weighted by Crippen LogP contribution is 2.37. The summed E-state index contributed by atoms with van der Waals surface area (Å²) in [5.74, 6) is -2.50. The van der Waals surface area contributed by atoms with Gasteiger partial charge in [-0.2, -0.15) is 0 Å². The van der Waals surface area contributed by atoms with Crippen LogP contribution in [-0.4, -0.2) is 53.3 Å². The minimum absolute atomic E-state index is 0.0638. The molecule has 23 heavy (non-hydrogen) atoms. The molecule has 0 aromatic heterocycles. The molecular weight excluding hydrogens is 298 g/mol. The van der Waals surface area contributed by atoms with Crippen LogP contribution in [0.1, 0.15) is 26.3 Å². The molecule has 2 saturated heterocycles. The first-order chi connectivity index (χ1) is 10.8. The lowest BCUT2D eigenvalue weighted by molar-refractivity contribution is -0.298. The summed E-state index contributed by atoms with van der Waals surface area (Å²) >= 11 is 0. The Kier molecular flexibility index (Phi) is 4.37. The zero-order valence-electron chi connectivity index (χ0n) is 13.8. The van der Waals surface area contributed by atoms with Crippen molar-refractivity contribution in [2.45, 2.75) is 57.1 Å². The first-order valence-electron chi connectivity index (χ1n) is 8.06. The van der Waals surface area contributed by atoms with Crippen LogP contribution in [0.3, 0.4) is 0 Å². The van der Waals surface area contributed by atoms with Crippen LogP contribution in [0.5, 0.6) is 0 Å². The van der Waals surface area contributed by atoms with E-state index in [9.17, 15) is 10.2 Å². The summed E-state index contributed by atoms with van der Waals surface area (Å²) in [7, 11) is 0. The number of hydrogen-bond donors (Lipinski definition) is 3. The molecule has 0 spiro atoms. The standard InChI is InChI=1S/C17H25NO5/c1-4-11-6-5-7-12(8-11)18-10-17(20)15(19)14-13(9-21-17)22-16(2,3)23-14/h5-8,13-15,18-20H,4,9-10H2,1-3H3/t13-,14-,15+,17-/m1/s1. The Bertz CT molecular complexity index is 564. The largest absolute Gasteiger partial charge is 0.385 e. The number of anilines is 1. The number of nitrogens with one attached hydrogen (secondary N) is 1. The monoisotopic (exact) mass is 323 g/mol. The normalized spacial score (nSPS) is 35.8. The van der Waals surface area contributed by atoms with Gasteiger partial charge in [-0.05, 0) is 38.0 Å².